The molecule has 0 amide bonds. The minimum absolute atomic E-state index is 0.190. The van der Waals surface area contributed by atoms with E-state index in [9.17, 15) is 0 Å². The number of nitrogens with zero attached hydrogens (tertiary/aromatic N) is 1. The van der Waals surface area contributed by atoms with Crippen LogP contribution in [-0.4, -0.2) is 17.6 Å². The average Bonchev–Trinajstić information content (AvgIpc) is 3.12. The molecule has 1 aromatic heterocycles. The van der Waals surface area contributed by atoms with Crippen LogP contribution in [0.5, 0.6) is 5.75 Å². The van der Waals surface area contributed by atoms with Gasteiger partial charge in [-0.2, -0.15) is 0 Å². The van der Waals surface area contributed by atoms with Crippen LogP contribution in [0.1, 0.15) is 30.3 Å². The van der Waals surface area contributed by atoms with Gasteiger partial charge in [0.25, 0.3) is 0 Å². The molecule has 0 radical (unpaired) electrons. The Balaban J connectivity index is 1.92. The largest absolute Gasteiger partial charge is 0.493 e. The van der Waals surface area contributed by atoms with Crippen LogP contribution in [0.25, 0.3) is 0 Å². The maximum absolute atomic E-state index is 5.93. The lowest BCUT2D eigenvalue weighted by Crippen LogP contribution is -2.53. The number of hydrogen-bond donors (Lipinski definition) is 1. The summed E-state index contributed by atoms with van der Waals surface area (Å²) in [6, 6.07) is 9.00. The molecule has 1 fully saturated rings. The monoisotopic (exact) mass is 286 g/mol. The topological polar surface area (TPSA) is 34.1 Å². The van der Waals surface area contributed by atoms with Crippen molar-refractivity contribution in [3.8, 4) is 5.75 Å². The van der Waals surface area contributed by atoms with Crippen LogP contribution in [0.3, 0.4) is 0 Å². The van der Waals surface area contributed by atoms with Gasteiger partial charge in [0.15, 0.2) is 0 Å². The Morgan fingerprint density at radius 1 is 1.35 bits per heavy atom. The lowest BCUT2D eigenvalue weighted by molar-refractivity contribution is 0.138. The highest BCUT2D eigenvalue weighted by atomic mass is 32.1. The van der Waals surface area contributed by atoms with E-state index >= 15 is 0 Å². The van der Waals surface area contributed by atoms with Gasteiger partial charge < -0.3 is 4.74 Å². The maximum Gasteiger partial charge on any atom is 0.124 e. The highest BCUT2D eigenvalue weighted by molar-refractivity contribution is 7.09. The van der Waals surface area contributed by atoms with Crippen molar-refractivity contribution in [3.05, 3.63) is 46.4 Å². The molecule has 1 aromatic carbocycles. The number of ether oxygens (including phenoxy) is 1. The van der Waals surface area contributed by atoms with Crippen LogP contribution < -0.4 is 10.1 Å². The third kappa shape index (κ3) is 1.79. The van der Waals surface area contributed by atoms with Crippen LogP contribution in [-0.2, 0) is 5.54 Å². The Bertz CT molecular complexity index is 609. The molecule has 4 heteroatoms. The molecule has 1 saturated carbocycles. The first-order valence-electron chi connectivity index (χ1n) is 7.20. The molecule has 3 nitrogen and oxygen atoms in total. The fourth-order valence-corrected chi connectivity index (χ4v) is 4.03. The molecule has 2 heterocycles. The molecule has 1 aliphatic heterocycles. The minimum Gasteiger partial charge on any atom is -0.493 e. The van der Waals surface area contributed by atoms with Crippen LogP contribution in [0.4, 0.5) is 0 Å². The number of nitrogens with one attached hydrogen (secondary N) is 1. The second-order valence-corrected chi connectivity index (χ2v) is 6.67. The molecular weight excluding hydrogens is 268 g/mol. The Hall–Kier alpha value is -1.39. The van der Waals surface area contributed by atoms with Gasteiger partial charge in [0.05, 0.1) is 6.61 Å². The quantitative estimate of drug-likeness (QED) is 0.941. The zero-order valence-electron chi connectivity index (χ0n) is 11.5. The third-order valence-electron chi connectivity index (χ3n) is 4.32. The van der Waals surface area contributed by atoms with Gasteiger partial charge in [0.1, 0.15) is 16.3 Å². The highest BCUT2D eigenvalue weighted by Gasteiger charge is 2.49. The maximum atomic E-state index is 5.93. The molecule has 2 atom stereocenters. The fraction of sp³-hybridized carbons (Fsp3) is 0.438. The van der Waals surface area contributed by atoms with E-state index in [1.54, 1.807) is 11.3 Å². The van der Waals surface area contributed by atoms with E-state index in [4.69, 9.17) is 4.74 Å². The summed E-state index contributed by atoms with van der Waals surface area (Å²) < 4.78 is 5.93. The van der Waals surface area contributed by atoms with Crippen molar-refractivity contribution in [2.75, 3.05) is 6.61 Å². The lowest BCUT2D eigenvalue weighted by atomic mass is 9.77. The van der Waals surface area contributed by atoms with Crippen LogP contribution in [0, 0.1) is 5.92 Å². The van der Waals surface area contributed by atoms with Crippen molar-refractivity contribution in [2.24, 2.45) is 5.92 Å². The number of aromatic nitrogens is 1. The molecule has 104 valence electrons. The number of para-hydroxylation sites is 1. The molecular formula is C16H18N2OS. The van der Waals surface area contributed by atoms with Crippen molar-refractivity contribution in [3.63, 3.8) is 0 Å². The van der Waals surface area contributed by atoms with Crippen LogP contribution in [0.2, 0.25) is 0 Å². The molecule has 0 saturated heterocycles. The summed E-state index contributed by atoms with van der Waals surface area (Å²) in [5, 5.41) is 7.11. The van der Waals surface area contributed by atoms with Gasteiger partial charge in [0, 0.05) is 29.1 Å². The van der Waals surface area contributed by atoms with Crippen molar-refractivity contribution >= 4 is 11.3 Å². The third-order valence-corrected chi connectivity index (χ3v) is 5.23. The summed E-state index contributed by atoms with van der Waals surface area (Å²) in [6.07, 6.45) is 4.44. The van der Waals surface area contributed by atoms with E-state index in [0.29, 0.717) is 12.0 Å². The van der Waals surface area contributed by atoms with Crippen LogP contribution in [0.15, 0.2) is 35.8 Å². The summed E-state index contributed by atoms with van der Waals surface area (Å²) in [4.78, 5) is 4.64. The molecule has 0 spiro atoms. The number of fused-ring (bicyclic) bond motifs is 1. The summed E-state index contributed by atoms with van der Waals surface area (Å²) in [6.45, 7) is 2.99. The van der Waals surface area contributed by atoms with E-state index in [1.807, 2.05) is 12.3 Å². The number of hydrogen-bond acceptors (Lipinski definition) is 4. The molecule has 20 heavy (non-hydrogen) atoms. The molecule has 2 aromatic rings. The summed E-state index contributed by atoms with van der Waals surface area (Å²) >= 11 is 1.74. The van der Waals surface area contributed by atoms with Gasteiger partial charge in [-0.25, -0.2) is 4.98 Å². The average molecular weight is 286 g/mol. The number of thiazole rings is 1. The van der Waals surface area contributed by atoms with Crippen molar-refractivity contribution < 1.29 is 4.74 Å². The Morgan fingerprint density at radius 3 is 2.95 bits per heavy atom. The van der Waals surface area contributed by atoms with E-state index in [0.717, 1.165) is 17.4 Å². The van der Waals surface area contributed by atoms with Crippen molar-refractivity contribution in [1.82, 2.24) is 10.3 Å². The number of benzene rings is 1. The summed E-state index contributed by atoms with van der Waals surface area (Å²) in [7, 11) is 0. The van der Waals surface area contributed by atoms with Gasteiger partial charge >= 0.3 is 0 Å². The van der Waals surface area contributed by atoms with Gasteiger partial charge in [-0.15, -0.1) is 11.3 Å². The van der Waals surface area contributed by atoms with E-state index < -0.39 is 0 Å². The molecule has 2 unspecified atom stereocenters. The minimum atomic E-state index is -0.190. The molecule has 0 bridgehead atoms. The second kappa shape index (κ2) is 4.57. The van der Waals surface area contributed by atoms with E-state index in [2.05, 4.69) is 40.8 Å². The van der Waals surface area contributed by atoms with Gasteiger partial charge in [0.2, 0.25) is 0 Å². The molecule has 1 N–H and O–H groups in total. The first-order chi connectivity index (χ1) is 9.80. The van der Waals surface area contributed by atoms with Crippen LogP contribution >= 0.6 is 11.3 Å². The predicted molar refractivity (Wildman–Crippen MR) is 80.2 cm³/mol. The highest BCUT2D eigenvalue weighted by Crippen LogP contribution is 2.47. The molecule has 1 aliphatic carbocycles. The van der Waals surface area contributed by atoms with Gasteiger partial charge in [-0.3, -0.25) is 5.32 Å². The Kier molecular flexibility index (Phi) is 2.82. The number of rotatable bonds is 3. The first kappa shape index (κ1) is 12.4. The summed E-state index contributed by atoms with van der Waals surface area (Å²) in [5.41, 5.74) is 1.05. The Labute approximate surface area is 123 Å². The lowest BCUT2D eigenvalue weighted by Gasteiger charge is -2.43. The first-order valence-corrected chi connectivity index (χ1v) is 8.08. The molecule has 2 aliphatic rings. The van der Waals surface area contributed by atoms with Gasteiger partial charge in [-0.05, 0) is 18.9 Å². The van der Waals surface area contributed by atoms with E-state index in [1.165, 1.54) is 18.4 Å². The smallest absolute Gasteiger partial charge is 0.124 e. The molecule has 4 rings (SSSR count). The predicted octanol–water partition coefficient (Wildman–Crippen LogP) is 3.17. The zero-order valence-corrected chi connectivity index (χ0v) is 12.3. The van der Waals surface area contributed by atoms with Crippen molar-refractivity contribution in [1.29, 1.82) is 0 Å². The summed E-state index contributed by atoms with van der Waals surface area (Å²) in [5.74, 6) is 1.36. The standard InChI is InChI=1S/C16H18N2OS/c1-11-10-19-14-5-3-2-4-13(14)16(11,18-12-6-7-12)15-17-8-9-20-15/h2-5,8-9,11-12,18H,6-7,10H2,1H3. The zero-order chi connectivity index (χ0) is 13.6. The fourth-order valence-electron chi connectivity index (χ4n) is 3.10. The van der Waals surface area contributed by atoms with E-state index in [-0.39, 0.29) is 5.54 Å². The second-order valence-electron chi connectivity index (χ2n) is 5.77. The Morgan fingerprint density at radius 2 is 2.20 bits per heavy atom. The van der Waals surface area contributed by atoms with Gasteiger partial charge in [-0.1, -0.05) is 25.1 Å². The normalized spacial score (nSPS) is 28.8. The van der Waals surface area contributed by atoms with Crippen molar-refractivity contribution in [2.45, 2.75) is 31.3 Å². The SMILES string of the molecule is CC1COc2ccccc2C1(NC1CC1)c1nccs1.